The molecule has 0 unspecified atom stereocenters. The van der Waals surface area contributed by atoms with E-state index in [1.54, 1.807) is 0 Å². The molecule has 5 rings (SSSR count). The van der Waals surface area contributed by atoms with E-state index in [1.807, 2.05) is 72.8 Å². The minimum Gasteiger partial charge on any atom is -0.399 e. The van der Waals surface area contributed by atoms with Crippen LogP contribution >= 0.6 is 11.6 Å². The second-order valence-corrected chi connectivity index (χ2v) is 10.8. The third-order valence-electron chi connectivity index (χ3n) is 7.81. The molecule has 2 heterocycles. The zero-order valence-electron chi connectivity index (χ0n) is 21.1. The van der Waals surface area contributed by atoms with E-state index in [9.17, 15) is 10.2 Å². The van der Waals surface area contributed by atoms with Gasteiger partial charge in [-0.3, -0.25) is 0 Å². The lowest BCUT2D eigenvalue weighted by Gasteiger charge is -2.45. The quantitative estimate of drug-likeness (QED) is 0.386. The lowest BCUT2D eigenvalue weighted by Crippen LogP contribution is -2.49. The molecule has 0 spiro atoms. The van der Waals surface area contributed by atoms with Crippen LogP contribution in [0, 0.1) is 5.92 Å². The Morgan fingerprint density at radius 3 is 2.32 bits per heavy atom. The Labute approximate surface area is 223 Å². The zero-order valence-corrected chi connectivity index (χ0v) is 21.8. The summed E-state index contributed by atoms with van der Waals surface area (Å²) in [5.41, 5.74) is 9.62. The molecule has 6 nitrogen and oxygen atoms in total. The molecule has 0 bridgehead atoms. The van der Waals surface area contributed by atoms with E-state index in [1.165, 1.54) is 0 Å². The summed E-state index contributed by atoms with van der Waals surface area (Å²) in [5, 5.41) is 21.4. The number of anilines is 1. The Morgan fingerprint density at radius 2 is 1.68 bits per heavy atom. The van der Waals surface area contributed by atoms with Crippen molar-refractivity contribution >= 4 is 17.3 Å². The highest BCUT2D eigenvalue weighted by molar-refractivity contribution is 6.30. The van der Waals surface area contributed by atoms with Gasteiger partial charge in [-0.05, 0) is 53.8 Å². The fourth-order valence-electron chi connectivity index (χ4n) is 5.44. The number of halogens is 1. The van der Waals surface area contributed by atoms with Crippen LogP contribution in [-0.2, 0) is 21.7 Å². The van der Waals surface area contributed by atoms with Crippen LogP contribution in [0.1, 0.15) is 54.4 Å². The lowest BCUT2D eigenvalue weighted by atomic mass is 9.84. The fourth-order valence-corrected chi connectivity index (χ4v) is 5.57. The number of piperidine rings is 1. The van der Waals surface area contributed by atoms with Gasteiger partial charge in [-0.15, -0.1) is 0 Å². The Balaban J connectivity index is 1.33. The summed E-state index contributed by atoms with van der Waals surface area (Å²) in [6.45, 7) is 4.46. The summed E-state index contributed by atoms with van der Waals surface area (Å²) in [6.07, 6.45) is 0.509. The summed E-state index contributed by atoms with van der Waals surface area (Å²) >= 11 is 6.05. The lowest BCUT2D eigenvalue weighted by molar-refractivity contribution is -0.277. The van der Waals surface area contributed by atoms with Crippen LogP contribution in [-0.4, -0.2) is 40.9 Å². The molecule has 0 aromatic heterocycles. The molecule has 3 aromatic carbocycles. The highest BCUT2D eigenvalue weighted by Crippen LogP contribution is 2.42. The molecule has 37 heavy (non-hydrogen) atoms. The SMILES string of the molecule is C[C@H]1[C@@H](CN2CCC(O)(c3ccc(Cl)cc3)CC2)O[C@@H](c2cccc(N)c2)O[C@H]1c1ccc(CO)cc1. The van der Waals surface area contributed by atoms with Crippen molar-refractivity contribution in [1.82, 2.24) is 4.90 Å². The molecule has 2 aliphatic rings. The monoisotopic (exact) mass is 522 g/mol. The number of nitrogens with zero attached hydrogens (tertiary/aromatic N) is 1. The van der Waals surface area contributed by atoms with Crippen molar-refractivity contribution in [3.05, 3.63) is 100 Å². The number of nitrogen functional groups attached to an aromatic ring is 1. The van der Waals surface area contributed by atoms with Crippen molar-refractivity contribution in [2.75, 3.05) is 25.4 Å². The van der Waals surface area contributed by atoms with Gasteiger partial charge in [-0.25, -0.2) is 0 Å². The highest BCUT2D eigenvalue weighted by atomic mass is 35.5. The van der Waals surface area contributed by atoms with E-state index >= 15 is 0 Å². The number of ether oxygens (including phenoxy) is 2. The maximum Gasteiger partial charge on any atom is 0.185 e. The number of benzene rings is 3. The average molecular weight is 523 g/mol. The molecular weight excluding hydrogens is 488 g/mol. The van der Waals surface area contributed by atoms with Gasteiger partial charge in [0.2, 0.25) is 0 Å². The van der Waals surface area contributed by atoms with Crippen LogP contribution in [0.4, 0.5) is 5.69 Å². The molecule has 0 amide bonds. The van der Waals surface area contributed by atoms with E-state index in [-0.39, 0.29) is 24.7 Å². The van der Waals surface area contributed by atoms with E-state index in [0.29, 0.717) is 23.6 Å². The Morgan fingerprint density at radius 1 is 0.973 bits per heavy atom. The number of rotatable bonds is 6. The van der Waals surface area contributed by atoms with Gasteiger partial charge in [0.1, 0.15) is 0 Å². The van der Waals surface area contributed by atoms with Gasteiger partial charge in [0.05, 0.1) is 24.4 Å². The number of aliphatic hydroxyl groups excluding tert-OH is 1. The fraction of sp³-hybridized carbons (Fsp3) is 0.400. The summed E-state index contributed by atoms with van der Waals surface area (Å²) < 4.78 is 13.1. The molecule has 2 aliphatic heterocycles. The molecule has 0 aliphatic carbocycles. The van der Waals surface area contributed by atoms with Crippen LogP contribution in [0.25, 0.3) is 0 Å². The van der Waals surface area contributed by atoms with Gasteiger partial charge in [0.15, 0.2) is 6.29 Å². The van der Waals surface area contributed by atoms with Gasteiger partial charge in [-0.1, -0.05) is 67.1 Å². The molecule has 3 aromatic rings. The number of aliphatic hydroxyl groups is 2. The number of nitrogens with two attached hydrogens (primary N) is 1. The standard InChI is InChI=1S/C30H35ClN2O4/c1-20-27(18-33-15-13-30(35,14-16-33)24-9-11-25(31)12-10-24)36-29(23-3-2-4-26(32)17-23)37-28(20)22-7-5-21(19-34)6-8-22/h2-12,17,20,27-29,34-35H,13-16,18-19,32H2,1H3/t20-,27+,28+,29+/m0/s1. The minimum absolute atomic E-state index is 0.0103. The van der Waals surface area contributed by atoms with Crippen molar-refractivity contribution in [2.45, 2.75) is 50.5 Å². The first-order valence-electron chi connectivity index (χ1n) is 12.9. The number of hydrogen-bond donors (Lipinski definition) is 3. The largest absolute Gasteiger partial charge is 0.399 e. The van der Waals surface area contributed by atoms with Crippen molar-refractivity contribution in [1.29, 1.82) is 0 Å². The van der Waals surface area contributed by atoms with Crippen LogP contribution in [0.15, 0.2) is 72.8 Å². The normalized spacial score (nSPS) is 26.2. The molecule has 0 radical (unpaired) electrons. The summed E-state index contributed by atoms with van der Waals surface area (Å²) in [5.74, 6) is 0.0920. The van der Waals surface area contributed by atoms with E-state index < -0.39 is 11.9 Å². The van der Waals surface area contributed by atoms with Gasteiger partial charge in [0, 0.05) is 41.8 Å². The van der Waals surface area contributed by atoms with Gasteiger partial charge in [-0.2, -0.15) is 0 Å². The van der Waals surface area contributed by atoms with Gasteiger partial charge < -0.3 is 30.3 Å². The molecule has 2 fully saturated rings. The van der Waals surface area contributed by atoms with Gasteiger partial charge >= 0.3 is 0 Å². The molecule has 196 valence electrons. The Kier molecular flexibility index (Phi) is 7.86. The number of hydrogen-bond acceptors (Lipinski definition) is 6. The first-order valence-corrected chi connectivity index (χ1v) is 13.3. The second kappa shape index (κ2) is 11.1. The van der Waals surface area contributed by atoms with Crippen LogP contribution in [0.5, 0.6) is 0 Å². The Hall–Kier alpha value is -2.45. The molecule has 4 N–H and O–H groups in total. The summed E-state index contributed by atoms with van der Waals surface area (Å²) in [7, 11) is 0. The topological polar surface area (TPSA) is 88.2 Å². The molecule has 2 saturated heterocycles. The second-order valence-electron chi connectivity index (χ2n) is 10.3. The smallest absolute Gasteiger partial charge is 0.185 e. The van der Waals surface area contributed by atoms with E-state index in [0.717, 1.165) is 41.9 Å². The van der Waals surface area contributed by atoms with E-state index in [2.05, 4.69) is 11.8 Å². The maximum absolute atomic E-state index is 11.3. The highest BCUT2D eigenvalue weighted by Gasteiger charge is 2.41. The van der Waals surface area contributed by atoms with Crippen molar-refractivity contribution in [3.63, 3.8) is 0 Å². The third kappa shape index (κ3) is 5.85. The van der Waals surface area contributed by atoms with Crippen LogP contribution in [0.3, 0.4) is 0 Å². The zero-order chi connectivity index (χ0) is 26.0. The maximum atomic E-state index is 11.3. The van der Waals surface area contributed by atoms with Crippen LogP contribution < -0.4 is 5.73 Å². The van der Waals surface area contributed by atoms with Gasteiger partial charge in [0.25, 0.3) is 0 Å². The molecule has 4 atom stereocenters. The third-order valence-corrected chi connectivity index (χ3v) is 8.06. The molecular formula is C30H35ClN2O4. The van der Waals surface area contributed by atoms with Crippen molar-refractivity contribution in [3.8, 4) is 0 Å². The number of likely N-dealkylation sites (tertiary alicyclic amines) is 1. The predicted molar refractivity (Wildman–Crippen MR) is 145 cm³/mol. The predicted octanol–water partition coefficient (Wildman–Crippen LogP) is 5.19. The van der Waals surface area contributed by atoms with E-state index in [4.69, 9.17) is 26.8 Å². The molecule has 7 heteroatoms. The first kappa shape index (κ1) is 26.2. The first-order chi connectivity index (χ1) is 17.8. The average Bonchev–Trinajstić information content (AvgIpc) is 2.91. The van der Waals surface area contributed by atoms with Crippen molar-refractivity contribution in [2.24, 2.45) is 5.92 Å². The van der Waals surface area contributed by atoms with Crippen molar-refractivity contribution < 1.29 is 19.7 Å². The Bertz CT molecular complexity index is 1180. The summed E-state index contributed by atoms with van der Waals surface area (Å²) in [6, 6.07) is 23.1. The molecule has 0 saturated carbocycles. The summed E-state index contributed by atoms with van der Waals surface area (Å²) in [4.78, 5) is 2.37. The van der Waals surface area contributed by atoms with Crippen LogP contribution in [0.2, 0.25) is 5.02 Å². The minimum atomic E-state index is -0.843.